The molecule has 0 saturated heterocycles. The third-order valence-corrected chi connectivity index (χ3v) is 3.17. The van der Waals surface area contributed by atoms with Crippen molar-refractivity contribution in [1.29, 1.82) is 0 Å². The maximum Gasteiger partial charge on any atom is 0.161 e. The van der Waals surface area contributed by atoms with Gasteiger partial charge in [0.25, 0.3) is 0 Å². The summed E-state index contributed by atoms with van der Waals surface area (Å²) >= 11 is 0. The van der Waals surface area contributed by atoms with Crippen LogP contribution in [0.5, 0.6) is 0 Å². The number of hydrogen-bond donors (Lipinski definition) is 1. The standard InChI is InChI=1S/C15H20N4O/c1-3-15-17-8-10-19(15)9-4-7-16-14-6-5-13(11-18-14)12(2)20/h5-6,8,10-11H,3-4,7,9H2,1-2H3,(H,16,18). The first-order valence-corrected chi connectivity index (χ1v) is 6.91. The first kappa shape index (κ1) is 14.2. The van der Waals surface area contributed by atoms with Crippen LogP contribution in [0.15, 0.2) is 30.7 Å². The molecule has 2 aromatic heterocycles. The highest BCUT2D eigenvalue weighted by Gasteiger charge is 2.01. The number of aryl methyl sites for hydroxylation is 2. The van der Waals surface area contributed by atoms with Crippen molar-refractivity contribution in [1.82, 2.24) is 14.5 Å². The maximum atomic E-state index is 11.1. The molecule has 0 aromatic carbocycles. The number of nitrogens with one attached hydrogen (secondary N) is 1. The highest BCUT2D eigenvalue weighted by atomic mass is 16.1. The fraction of sp³-hybridized carbons (Fsp3) is 0.400. The third-order valence-electron chi connectivity index (χ3n) is 3.17. The van der Waals surface area contributed by atoms with Crippen LogP contribution in [0.3, 0.4) is 0 Å². The van der Waals surface area contributed by atoms with Crippen molar-refractivity contribution in [3.8, 4) is 0 Å². The predicted octanol–water partition coefficient (Wildman–Crippen LogP) is 2.55. The largest absolute Gasteiger partial charge is 0.370 e. The van der Waals surface area contributed by atoms with Gasteiger partial charge < -0.3 is 9.88 Å². The molecule has 1 N–H and O–H groups in total. The minimum atomic E-state index is 0.0382. The molecule has 5 nitrogen and oxygen atoms in total. The molecule has 2 rings (SSSR count). The predicted molar refractivity (Wildman–Crippen MR) is 79.0 cm³/mol. The van der Waals surface area contributed by atoms with E-state index >= 15 is 0 Å². The molecular weight excluding hydrogens is 252 g/mol. The summed E-state index contributed by atoms with van der Waals surface area (Å²) in [5.74, 6) is 1.96. The molecule has 0 saturated carbocycles. The van der Waals surface area contributed by atoms with Gasteiger partial charge in [-0.15, -0.1) is 0 Å². The summed E-state index contributed by atoms with van der Waals surface area (Å²) in [5, 5.41) is 3.25. The summed E-state index contributed by atoms with van der Waals surface area (Å²) in [6, 6.07) is 3.63. The van der Waals surface area contributed by atoms with Crippen molar-refractivity contribution in [2.75, 3.05) is 11.9 Å². The Morgan fingerprint density at radius 2 is 2.20 bits per heavy atom. The second-order valence-corrected chi connectivity index (χ2v) is 4.66. The summed E-state index contributed by atoms with van der Waals surface area (Å²) in [6.07, 6.45) is 7.41. The van der Waals surface area contributed by atoms with Gasteiger partial charge in [-0.25, -0.2) is 9.97 Å². The number of aromatic nitrogens is 3. The van der Waals surface area contributed by atoms with E-state index in [-0.39, 0.29) is 5.78 Å². The number of Topliss-reactive ketones (excluding diaryl/α,β-unsaturated/α-hetero) is 1. The van der Waals surface area contributed by atoms with Crippen molar-refractivity contribution in [2.45, 2.75) is 33.2 Å². The number of pyridine rings is 1. The molecule has 20 heavy (non-hydrogen) atoms. The van der Waals surface area contributed by atoms with Gasteiger partial charge in [-0.1, -0.05) is 6.92 Å². The Kier molecular flexibility index (Phi) is 4.87. The molecule has 0 unspecified atom stereocenters. The van der Waals surface area contributed by atoms with E-state index in [1.54, 1.807) is 19.2 Å². The summed E-state index contributed by atoms with van der Waals surface area (Å²) in [6.45, 7) is 5.44. The van der Waals surface area contributed by atoms with E-state index in [0.717, 1.165) is 37.6 Å². The zero-order valence-corrected chi connectivity index (χ0v) is 12.0. The van der Waals surface area contributed by atoms with Gasteiger partial charge in [-0.05, 0) is 25.5 Å². The SMILES string of the molecule is CCc1nccn1CCCNc1ccc(C(C)=O)cn1. The highest BCUT2D eigenvalue weighted by molar-refractivity contribution is 5.93. The molecule has 5 heteroatoms. The van der Waals surface area contributed by atoms with Gasteiger partial charge in [-0.2, -0.15) is 0 Å². The number of carbonyl (C=O) groups excluding carboxylic acids is 1. The van der Waals surface area contributed by atoms with Crippen LogP contribution in [0.25, 0.3) is 0 Å². The van der Waals surface area contributed by atoms with Gasteiger partial charge in [0, 0.05) is 43.7 Å². The smallest absolute Gasteiger partial charge is 0.161 e. The lowest BCUT2D eigenvalue weighted by atomic mass is 10.2. The molecule has 0 radical (unpaired) electrons. The van der Waals surface area contributed by atoms with Crippen LogP contribution in [0.4, 0.5) is 5.82 Å². The topological polar surface area (TPSA) is 59.8 Å². The summed E-state index contributed by atoms with van der Waals surface area (Å²) in [5.41, 5.74) is 0.640. The van der Waals surface area contributed by atoms with Crippen LogP contribution >= 0.6 is 0 Å². The number of anilines is 1. The Labute approximate surface area is 119 Å². The molecule has 2 heterocycles. The number of imidazole rings is 1. The van der Waals surface area contributed by atoms with Gasteiger partial charge in [0.2, 0.25) is 0 Å². The first-order chi connectivity index (χ1) is 9.70. The zero-order chi connectivity index (χ0) is 14.4. The summed E-state index contributed by atoms with van der Waals surface area (Å²) < 4.78 is 2.17. The molecule has 0 aliphatic carbocycles. The van der Waals surface area contributed by atoms with E-state index in [0.29, 0.717) is 5.56 Å². The van der Waals surface area contributed by atoms with E-state index in [1.807, 2.05) is 18.5 Å². The molecular formula is C15H20N4O. The van der Waals surface area contributed by atoms with E-state index in [9.17, 15) is 4.79 Å². The molecule has 0 aliphatic heterocycles. The van der Waals surface area contributed by atoms with Gasteiger partial charge in [0.1, 0.15) is 11.6 Å². The third kappa shape index (κ3) is 3.66. The van der Waals surface area contributed by atoms with E-state index < -0.39 is 0 Å². The number of hydrogen-bond acceptors (Lipinski definition) is 4. The monoisotopic (exact) mass is 272 g/mol. The van der Waals surface area contributed by atoms with Gasteiger partial charge in [0.05, 0.1) is 0 Å². The highest BCUT2D eigenvalue weighted by Crippen LogP contribution is 2.06. The Hall–Kier alpha value is -2.17. The molecule has 106 valence electrons. The molecule has 0 amide bonds. The van der Waals surface area contributed by atoms with E-state index in [1.165, 1.54) is 0 Å². The first-order valence-electron chi connectivity index (χ1n) is 6.91. The number of carbonyl (C=O) groups is 1. The maximum absolute atomic E-state index is 11.1. The zero-order valence-electron chi connectivity index (χ0n) is 12.0. The van der Waals surface area contributed by atoms with Crippen molar-refractivity contribution in [3.63, 3.8) is 0 Å². The molecule has 0 aliphatic rings. The lowest BCUT2D eigenvalue weighted by molar-refractivity contribution is 0.101. The molecule has 0 fully saturated rings. The normalized spacial score (nSPS) is 10.5. The second kappa shape index (κ2) is 6.84. The quantitative estimate of drug-likeness (QED) is 0.621. The molecule has 2 aromatic rings. The lowest BCUT2D eigenvalue weighted by Crippen LogP contribution is -2.09. The molecule has 0 spiro atoms. The van der Waals surface area contributed by atoms with Crippen LogP contribution in [0.2, 0.25) is 0 Å². The van der Waals surface area contributed by atoms with E-state index in [4.69, 9.17) is 0 Å². The number of ketones is 1. The van der Waals surface area contributed by atoms with Crippen molar-refractivity contribution < 1.29 is 4.79 Å². The minimum absolute atomic E-state index is 0.0382. The fourth-order valence-corrected chi connectivity index (χ4v) is 2.03. The number of rotatable bonds is 7. The molecule has 0 bridgehead atoms. The van der Waals surface area contributed by atoms with Crippen molar-refractivity contribution >= 4 is 11.6 Å². The summed E-state index contributed by atoms with van der Waals surface area (Å²) in [4.78, 5) is 19.7. The Morgan fingerprint density at radius 3 is 2.85 bits per heavy atom. The minimum Gasteiger partial charge on any atom is -0.370 e. The second-order valence-electron chi connectivity index (χ2n) is 4.66. The Balaban J connectivity index is 1.77. The fourth-order valence-electron chi connectivity index (χ4n) is 2.03. The van der Waals surface area contributed by atoms with E-state index in [2.05, 4.69) is 26.8 Å². The van der Waals surface area contributed by atoms with Crippen LogP contribution in [-0.4, -0.2) is 26.9 Å². The lowest BCUT2D eigenvalue weighted by Gasteiger charge is -2.08. The Morgan fingerprint density at radius 1 is 1.35 bits per heavy atom. The molecule has 0 atom stereocenters. The average molecular weight is 272 g/mol. The van der Waals surface area contributed by atoms with Crippen LogP contribution < -0.4 is 5.32 Å². The van der Waals surface area contributed by atoms with Gasteiger partial charge in [0.15, 0.2) is 5.78 Å². The van der Waals surface area contributed by atoms with Crippen molar-refractivity contribution in [3.05, 3.63) is 42.1 Å². The number of nitrogens with zero attached hydrogens (tertiary/aromatic N) is 3. The van der Waals surface area contributed by atoms with Gasteiger partial charge >= 0.3 is 0 Å². The van der Waals surface area contributed by atoms with Crippen LogP contribution in [0, 0.1) is 0 Å². The summed E-state index contributed by atoms with van der Waals surface area (Å²) in [7, 11) is 0. The van der Waals surface area contributed by atoms with Crippen LogP contribution in [-0.2, 0) is 13.0 Å². The Bertz CT molecular complexity index is 560. The van der Waals surface area contributed by atoms with Gasteiger partial charge in [-0.3, -0.25) is 4.79 Å². The van der Waals surface area contributed by atoms with Crippen molar-refractivity contribution in [2.24, 2.45) is 0 Å². The average Bonchev–Trinajstić information content (AvgIpc) is 2.91. The van der Waals surface area contributed by atoms with Crippen LogP contribution in [0.1, 0.15) is 36.5 Å².